The first-order valence-corrected chi connectivity index (χ1v) is 6.95. The Morgan fingerprint density at radius 2 is 2.11 bits per heavy atom. The van der Waals surface area contributed by atoms with Gasteiger partial charge in [0.2, 0.25) is 0 Å². The highest BCUT2D eigenvalue weighted by molar-refractivity contribution is 9.10. The molecule has 1 aromatic carbocycles. The lowest BCUT2D eigenvalue weighted by Crippen LogP contribution is -2.12. The summed E-state index contributed by atoms with van der Waals surface area (Å²) < 4.78 is 6.17. The van der Waals surface area contributed by atoms with Gasteiger partial charge < -0.3 is 4.74 Å². The molecule has 0 N–H and O–H groups in total. The van der Waals surface area contributed by atoms with Crippen LogP contribution in [0.2, 0.25) is 0 Å². The summed E-state index contributed by atoms with van der Waals surface area (Å²) in [5, 5.41) is 0. The first-order valence-electron chi connectivity index (χ1n) is 6.16. The molecular weight excluding hydrogens is 292 g/mol. The summed E-state index contributed by atoms with van der Waals surface area (Å²) in [7, 11) is 1.65. The topological polar surface area (TPSA) is 26.3 Å². The van der Waals surface area contributed by atoms with Crippen molar-refractivity contribution in [2.75, 3.05) is 7.11 Å². The molecule has 0 spiro atoms. The van der Waals surface area contributed by atoms with E-state index >= 15 is 0 Å². The molecule has 0 fully saturated rings. The second-order valence-corrected chi connectivity index (χ2v) is 5.52. The Hall–Kier alpha value is -1.09. The number of rotatable bonds is 3. The summed E-state index contributed by atoms with van der Waals surface area (Å²) in [5.74, 6) is 1.13. The molecule has 0 atom stereocenters. The molecule has 1 aliphatic carbocycles. The molecule has 2 nitrogen and oxygen atoms in total. The van der Waals surface area contributed by atoms with E-state index in [9.17, 15) is 4.79 Å². The maximum Gasteiger partial charge on any atom is 0.159 e. The van der Waals surface area contributed by atoms with Crippen molar-refractivity contribution in [1.82, 2.24) is 0 Å². The van der Waals surface area contributed by atoms with Crippen LogP contribution in [0.5, 0.6) is 5.75 Å². The zero-order chi connectivity index (χ0) is 13.1. The second kappa shape index (κ2) is 5.70. The third-order valence-electron chi connectivity index (χ3n) is 3.43. The fourth-order valence-corrected chi connectivity index (χ4v) is 2.79. The third kappa shape index (κ3) is 2.83. The number of hydrogen-bond donors (Lipinski definition) is 0. The van der Waals surface area contributed by atoms with Gasteiger partial charge in [-0.1, -0.05) is 27.6 Å². The van der Waals surface area contributed by atoms with Crippen LogP contribution in [0.3, 0.4) is 0 Å². The number of hydrogen-bond acceptors (Lipinski definition) is 2. The predicted octanol–water partition coefficient (Wildman–Crippen LogP) is 4.07. The molecule has 0 bridgehead atoms. The standard InChI is InChI=1S/C15H17BrO2/c1-10-4-3-5-15(17)13(10)8-11-6-7-12(18-2)9-14(11)16/h6-7,9H,3-5,8H2,1-2H3. The van der Waals surface area contributed by atoms with Crippen molar-refractivity contribution in [2.24, 2.45) is 0 Å². The van der Waals surface area contributed by atoms with Crippen LogP contribution in [-0.4, -0.2) is 12.9 Å². The number of ketones is 1. The molecule has 1 aromatic rings. The Morgan fingerprint density at radius 3 is 2.72 bits per heavy atom. The average molecular weight is 309 g/mol. The quantitative estimate of drug-likeness (QED) is 0.841. The molecule has 0 radical (unpaired) electrons. The molecule has 0 aromatic heterocycles. The van der Waals surface area contributed by atoms with Crippen LogP contribution in [0, 0.1) is 0 Å². The smallest absolute Gasteiger partial charge is 0.159 e. The lowest BCUT2D eigenvalue weighted by Gasteiger charge is -2.17. The van der Waals surface area contributed by atoms with E-state index in [1.54, 1.807) is 7.11 Å². The molecule has 0 saturated heterocycles. The molecule has 1 aliphatic rings. The first kappa shape index (κ1) is 13.3. The largest absolute Gasteiger partial charge is 0.497 e. The SMILES string of the molecule is COc1ccc(CC2=C(C)CCCC2=O)c(Br)c1. The summed E-state index contributed by atoms with van der Waals surface area (Å²) >= 11 is 3.54. The van der Waals surface area contributed by atoms with Crippen molar-refractivity contribution in [2.45, 2.75) is 32.6 Å². The maximum atomic E-state index is 11.9. The fourth-order valence-electron chi connectivity index (χ4n) is 2.29. The van der Waals surface area contributed by atoms with E-state index in [1.165, 1.54) is 5.57 Å². The first-order chi connectivity index (χ1) is 8.61. The molecule has 2 rings (SSSR count). The number of ether oxygens (including phenoxy) is 1. The lowest BCUT2D eigenvalue weighted by molar-refractivity contribution is -0.116. The summed E-state index contributed by atoms with van der Waals surface area (Å²) in [6.07, 6.45) is 3.46. The minimum absolute atomic E-state index is 0.307. The van der Waals surface area contributed by atoms with Crippen LogP contribution < -0.4 is 4.74 Å². The highest BCUT2D eigenvalue weighted by Gasteiger charge is 2.18. The minimum Gasteiger partial charge on any atom is -0.497 e. The summed E-state index contributed by atoms with van der Waals surface area (Å²) in [6.45, 7) is 2.07. The van der Waals surface area contributed by atoms with Crippen LogP contribution in [0.1, 0.15) is 31.7 Å². The number of benzene rings is 1. The van der Waals surface area contributed by atoms with Crippen molar-refractivity contribution < 1.29 is 9.53 Å². The zero-order valence-corrected chi connectivity index (χ0v) is 12.3. The Labute approximate surface area is 116 Å². The van der Waals surface area contributed by atoms with Gasteiger partial charge in [-0.2, -0.15) is 0 Å². The van der Waals surface area contributed by atoms with Gasteiger partial charge in [0.15, 0.2) is 5.78 Å². The number of allylic oxidation sites excluding steroid dienone is 2. The number of methoxy groups -OCH3 is 1. The van der Waals surface area contributed by atoms with Crippen molar-refractivity contribution in [3.63, 3.8) is 0 Å². The molecule has 3 heteroatoms. The highest BCUT2D eigenvalue weighted by atomic mass is 79.9. The molecule has 0 unspecified atom stereocenters. The van der Waals surface area contributed by atoms with E-state index in [1.807, 2.05) is 18.2 Å². The van der Waals surface area contributed by atoms with E-state index in [2.05, 4.69) is 22.9 Å². The van der Waals surface area contributed by atoms with Crippen LogP contribution in [0.15, 0.2) is 33.8 Å². The fraction of sp³-hybridized carbons (Fsp3) is 0.400. The third-order valence-corrected chi connectivity index (χ3v) is 4.17. The number of Topliss-reactive ketones (excluding diaryl/α,β-unsaturated/α-hetero) is 1. The van der Waals surface area contributed by atoms with Gasteiger partial charge in [-0.15, -0.1) is 0 Å². The van der Waals surface area contributed by atoms with E-state index < -0.39 is 0 Å². The highest BCUT2D eigenvalue weighted by Crippen LogP contribution is 2.29. The van der Waals surface area contributed by atoms with E-state index in [4.69, 9.17) is 4.74 Å². The van der Waals surface area contributed by atoms with Gasteiger partial charge in [-0.3, -0.25) is 4.79 Å². The van der Waals surface area contributed by atoms with Crippen LogP contribution in [-0.2, 0) is 11.2 Å². The minimum atomic E-state index is 0.307. The zero-order valence-electron chi connectivity index (χ0n) is 10.8. The second-order valence-electron chi connectivity index (χ2n) is 4.67. The van der Waals surface area contributed by atoms with Gasteiger partial charge in [0.1, 0.15) is 5.75 Å². The number of carbonyl (C=O) groups excluding carboxylic acids is 1. The van der Waals surface area contributed by atoms with Crippen molar-refractivity contribution in [3.05, 3.63) is 39.4 Å². The van der Waals surface area contributed by atoms with Gasteiger partial charge in [-0.05, 0) is 43.0 Å². The number of halogens is 1. The summed E-state index contributed by atoms with van der Waals surface area (Å²) in [5.41, 5.74) is 3.38. The molecule has 0 amide bonds. The van der Waals surface area contributed by atoms with Gasteiger partial charge in [-0.25, -0.2) is 0 Å². The van der Waals surface area contributed by atoms with Gasteiger partial charge in [0.05, 0.1) is 7.11 Å². The molecule has 96 valence electrons. The average Bonchev–Trinajstić information content (AvgIpc) is 2.35. The summed E-state index contributed by atoms with van der Waals surface area (Å²) in [6, 6.07) is 5.90. The van der Waals surface area contributed by atoms with Gasteiger partial charge >= 0.3 is 0 Å². The van der Waals surface area contributed by atoms with Crippen molar-refractivity contribution in [3.8, 4) is 5.75 Å². The molecular formula is C15H17BrO2. The Kier molecular flexibility index (Phi) is 4.23. The number of carbonyl (C=O) groups is 1. The molecule has 0 heterocycles. The van der Waals surface area contributed by atoms with Crippen molar-refractivity contribution in [1.29, 1.82) is 0 Å². The van der Waals surface area contributed by atoms with Crippen molar-refractivity contribution >= 4 is 21.7 Å². The normalized spacial score (nSPS) is 16.1. The van der Waals surface area contributed by atoms with Crippen LogP contribution in [0.25, 0.3) is 0 Å². The Morgan fingerprint density at radius 1 is 1.33 bits per heavy atom. The lowest BCUT2D eigenvalue weighted by atomic mass is 9.88. The van der Waals surface area contributed by atoms with E-state index in [-0.39, 0.29) is 0 Å². The summed E-state index contributed by atoms with van der Waals surface area (Å²) in [4.78, 5) is 11.9. The monoisotopic (exact) mass is 308 g/mol. The Balaban J connectivity index is 2.26. The van der Waals surface area contributed by atoms with E-state index in [0.717, 1.165) is 40.6 Å². The molecule has 18 heavy (non-hydrogen) atoms. The van der Waals surface area contributed by atoms with Gasteiger partial charge in [0.25, 0.3) is 0 Å². The Bertz CT molecular complexity index is 503. The van der Waals surface area contributed by atoms with Crippen LogP contribution >= 0.6 is 15.9 Å². The maximum absolute atomic E-state index is 11.9. The van der Waals surface area contributed by atoms with E-state index in [0.29, 0.717) is 12.2 Å². The molecule has 0 aliphatic heterocycles. The van der Waals surface area contributed by atoms with Gasteiger partial charge in [0, 0.05) is 17.3 Å². The van der Waals surface area contributed by atoms with Crippen LogP contribution in [0.4, 0.5) is 0 Å². The molecule has 0 saturated carbocycles. The predicted molar refractivity (Wildman–Crippen MR) is 76.0 cm³/mol.